The molecular formula is C16H20N4O2. The highest BCUT2D eigenvalue weighted by Crippen LogP contribution is 2.17. The summed E-state index contributed by atoms with van der Waals surface area (Å²) in [7, 11) is 3.30. The van der Waals surface area contributed by atoms with Gasteiger partial charge in [0.05, 0.1) is 29.2 Å². The maximum absolute atomic E-state index is 12.3. The van der Waals surface area contributed by atoms with Gasteiger partial charge in [-0.25, -0.2) is 4.68 Å². The van der Waals surface area contributed by atoms with Crippen molar-refractivity contribution in [1.82, 2.24) is 20.0 Å². The van der Waals surface area contributed by atoms with Crippen LogP contribution in [0.25, 0.3) is 5.69 Å². The largest absolute Gasteiger partial charge is 0.347 e. The molecule has 116 valence electrons. The summed E-state index contributed by atoms with van der Waals surface area (Å²) in [5.74, 6) is -0.438. The smallest absolute Gasteiger partial charge is 0.255 e. The van der Waals surface area contributed by atoms with E-state index >= 15 is 0 Å². The summed E-state index contributed by atoms with van der Waals surface area (Å²) in [5.41, 5.74) is 2.79. The first-order valence-electron chi connectivity index (χ1n) is 7.01. The van der Waals surface area contributed by atoms with Crippen molar-refractivity contribution in [2.24, 2.45) is 0 Å². The van der Waals surface area contributed by atoms with Crippen LogP contribution in [0.15, 0.2) is 30.3 Å². The molecule has 2 aromatic rings. The number of hydrogen-bond acceptors (Lipinski definition) is 3. The second kappa shape index (κ2) is 6.43. The van der Waals surface area contributed by atoms with Gasteiger partial charge in [-0.05, 0) is 26.0 Å². The minimum atomic E-state index is -0.285. The number of aryl methyl sites for hydroxylation is 1. The van der Waals surface area contributed by atoms with Gasteiger partial charge in [0.15, 0.2) is 0 Å². The fraction of sp³-hybridized carbons (Fsp3) is 0.312. The lowest BCUT2D eigenvalue weighted by Crippen LogP contribution is -2.36. The number of amides is 2. The molecule has 0 spiro atoms. The summed E-state index contributed by atoms with van der Waals surface area (Å²) in [5, 5.41) is 7.07. The molecule has 0 aliphatic rings. The third kappa shape index (κ3) is 3.16. The van der Waals surface area contributed by atoms with Gasteiger partial charge in [0, 0.05) is 14.1 Å². The van der Waals surface area contributed by atoms with Gasteiger partial charge in [-0.2, -0.15) is 5.10 Å². The van der Waals surface area contributed by atoms with E-state index in [0.717, 1.165) is 11.4 Å². The number of nitrogens with zero attached hydrogens (tertiary/aromatic N) is 3. The van der Waals surface area contributed by atoms with Crippen LogP contribution in [0.4, 0.5) is 0 Å². The number of carbonyl (C=O) groups excluding carboxylic acids is 2. The summed E-state index contributed by atoms with van der Waals surface area (Å²) in [6, 6.07) is 9.62. The van der Waals surface area contributed by atoms with E-state index in [-0.39, 0.29) is 18.4 Å². The lowest BCUT2D eigenvalue weighted by molar-refractivity contribution is -0.127. The molecule has 0 bridgehead atoms. The quantitative estimate of drug-likeness (QED) is 0.925. The van der Waals surface area contributed by atoms with Crippen molar-refractivity contribution in [2.45, 2.75) is 13.8 Å². The molecule has 0 saturated carbocycles. The van der Waals surface area contributed by atoms with Crippen LogP contribution in [0.5, 0.6) is 0 Å². The van der Waals surface area contributed by atoms with Crippen LogP contribution in [0.1, 0.15) is 21.7 Å². The number of nitrogens with one attached hydrogen (secondary N) is 1. The van der Waals surface area contributed by atoms with E-state index in [1.165, 1.54) is 4.90 Å². The van der Waals surface area contributed by atoms with Crippen LogP contribution in [-0.4, -0.2) is 47.1 Å². The zero-order valence-electron chi connectivity index (χ0n) is 13.3. The maximum Gasteiger partial charge on any atom is 0.255 e. The Kier molecular flexibility index (Phi) is 4.60. The number of aromatic nitrogens is 2. The number of carbonyl (C=O) groups is 2. The second-order valence-electron chi connectivity index (χ2n) is 5.26. The van der Waals surface area contributed by atoms with Crippen molar-refractivity contribution >= 4 is 11.8 Å². The monoisotopic (exact) mass is 300 g/mol. The number of benzene rings is 1. The van der Waals surface area contributed by atoms with E-state index in [0.29, 0.717) is 11.3 Å². The van der Waals surface area contributed by atoms with Crippen molar-refractivity contribution < 1.29 is 9.59 Å². The Balaban J connectivity index is 2.24. The highest BCUT2D eigenvalue weighted by Gasteiger charge is 2.20. The standard InChI is InChI=1S/C16H20N4O2/c1-11-15(16(22)17-10-14(21)19(3)4)12(2)20(18-11)13-8-6-5-7-9-13/h5-9H,10H2,1-4H3,(H,17,22). The average Bonchev–Trinajstić information content (AvgIpc) is 2.80. The molecule has 6 nitrogen and oxygen atoms in total. The average molecular weight is 300 g/mol. The van der Waals surface area contributed by atoms with Gasteiger partial charge in [-0.15, -0.1) is 0 Å². The van der Waals surface area contributed by atoms with Gasteiger partial charge in [0.2, 0.25) is 5.91 Å². The molecule has 0 radical (unpaired) electrons. The zero-order chi connectivity index (χ0) is 16.3. The molecule has 1 aromatic carbocycles. The van der Waals surface area contributed by atoms with E-state index in [2.05, 4.69) is 10.4 Å². The molecular weight excluding hydrogens is 280 g/mol. The van der Waals surface area contributed by atoms with Crippen molar-refractivity contribution in [1.29, 1.82) is 0 Å². The number of likely N-dealkylation sites (N-methyl/N-ethyl adjacent to an activating group) is 1. The van der Waals surface area contributed by atoms with E-state index in [4.69, 9.17) is 0 Å². The van der Waals surface area contributed by atoms with Crippen molar-refractivity contribution in [3.05, 3.63) is 47.3 Å². The highest BCUT2D eigenvalue weighted by molar-refractivity contribution is 5.98. The molecule has 1 N–H and O–H groups in total. The topological polar surface area (TPSA) is 67.2 Å². The van der Waals surface area contributed by atoms with Gasteiger partial charge in [-0.1, -0.05) is 18.2 Å². The molecule has 0 saturated heterocycles. The number of rotatable bonds is 4. The van der Waals surface area contributed by atoms with Crippen LogP contribution in [0.2, 0.25) is 0 Å². The Morgan fingerprint density at radius 1 is 1.18 bits per heavy atom. The van der Waals surface area contributed by atoms with E-state index in [9.17, 15) is 9.59 Å². The summed E-state index contributed by atoms with van der Waals surface area (Å²) in [6.07, 6.45) is 0. The summed E-state index contributed by atoms with van der Waals surface area (Å²) in [4.78, 5) is 25.3. The molecule has 2 rings (SSSR count). The number of para-hydroxylation sites is 1. The molecule has 0 atom stereocenters. The first-order valence-corrected chi connectivity index (χ1v) is 7.01. The molecule has 0 fully saturated rings. The van der Waals surface area contributed by atoms with Gasteiger partial charge in [0.25, 0.3) is 5.91 Å². The molecule has 0 unspecified atom stereocenters. The molecule has 1 aromatic heterocycles. The van der Waals surface area contributed by atoms with Gasteiger partial charge in [0.1, 0.15) is 0 Å². The predicted octanol–water partition coefficient (Wildman–Crippen LogP) is 1.31. The minimum Gasteiger partial charge on any atom is -0.347 e. The molecule has 22 heavy (non-hydrogen) atoms. The lowest BCUT2D eigenvalue weighted by atomic mass is 10.2. The predicted molar refractivity (Wildman–Crippen MR) is 84.1 cm³/mol. The molecule has 1 heterocycles. The third-order valence-electron chi connectivity index (χ3n) is 3.42. The first-order chi connectivity index (χ1) is 10.4. The maximum atomic E-state index is 12.3. The molecule has 6 heteroatoms. The van der Waals surface area contributed by atoms with Crippen LogP contribution in [0, 0.1) is 13.8 Å². The van der Waals surface area contributed by atoms with Crippen molar-refractivity contribution in [3.8, 4) is 5.69 Å². The fourth-order valence-corrected chi connectivity index (χ4v) is 2.19. The summed E-state index contributed by atoms with van der Waals surface area (Å²) < 4.78 is 1.73. The Morgan fingerprint density at radius 3 is 2.41 bits per heavy atom. The SMILES string of the molecule is Cc1nn(-c2ccccc2)c(C)c1C(=O)NCC(=O)N(C)C. The first kappa shape index (κ1) is 15.8. The van der Waals surface area contributed by atoms with Gasteiger partial charge in [-0.3, -0.25) is 9.59 Å². The highest BCUT2D eigenvalue weighted by atomic mass is 16.2. The Labute approximate surface area is 129 Å². The van der Waals surface area contributed by atoms with Crippen LogP contribution >= 0.6 is 0 Å². The summed E-state index contributed by atoms with van der Waals surface area (Å²) >= 11 is 0. The molecule has 0 aliphatic carbocycles. The van der Waals surface area contributed by atoms with Crippen molar-refractivity contribution in [2.75, 3.05) is 20.6 Å². The Bertz CT molecular complexity index is 690. The molecule has 2 amide bonds. The fourth-order valence-electron chi connectivity index (χ4n) is 2.19. The van der Waals surface area contributed by atoms with Crippen LogP contribution < -0.4 is 5.32 Å². The Morgan fingerprint density at radius 2 is 1.82 bits per heavy atom. The minimum absolute atomic E-state index is 0.0266. The van der Waals surface area contributed by atoms with Crippen molar-refractivity contribution in [3.63, 3.8) is 0 Å². The van der Waals surface area contributed by atoms with E-state index in [1.807, 2.05) is 37.3 Å². The third-order valence-corrected chi connectivity index (χ3v) is 3.42. The van der Waals surface area contributed by atoms with Gasteiger partial charge >= 0.3 is 0 Å². The van der Waals surface area contributed by atoms with E-state index < -0.39 is 0 Å². The molecule has 0 aliphatic heterocycles. The number of hydrogen-bond donors (Lipinski definition) is 1. The van der Waals surface area contributed by atoms with Gasteiger partial charge < -0.3 is 10.2 Å². The second-order valence-corrected chi connectivity index (χ2v) is 5.26. The van der Waals surface area contributed by atoms with E-state index in [1.54, 1.807) is 25.7 Å². The lowest BCUT2D eigenvalue weighted by Gasteiger charge is -2.11. The normalized spacial score (nSPS) is 10.4. The van der Waals surface area contributed by atoms with Crippen LogP contribution in [-0.2, 0) is 4.79 Å². The summed E-state index contributed by atoms with van der Waals surface area (Å²) in [6.45, 7) is 3.60. The Hall–Kier alpha value is -2.63. The zero-order valence-corrected chi connectivity index (χ0v) is 13.3. The van der Waals surface area contributed by atoms with Crippen LogP contribution in [0.3, 0.4) is 0 Å².